The first-order chi connectivity index (χ1) is 15.9. The Kier molecular flexibility index (Phi) is 7.20. The average Bonchev–Trinajstić information content (AvgIpc) is 2.99. The van der Waals surface area contributed by atoms with Gasteiger partial charge < -0.3 is 4.74 Å². The third kappa shape index (κ3) is 5.31. The van der Waals surface area contributed by atoms with E-state index in [0.717, 1.165) is 38.8 Å². The van der Waals surface area contributed by atoms with Crippen molar-refractivity contribution in [1.82, 2.24) is 4.90 Å². The van der Waals surface area contributed by atoms with E-state index < -0.39 is 18.6 Å². The lowest BCUT2D eigenvalue weighted by molar-refractivity contribution is -0.122. The fourth-order valence-corrected chi connectivity index (χ4v) is 4.39. The summed E-state index contributed by atoms with van der Waals surface area (Å²) in [5, 5.41) is 0.511. The highest BCUT2D eigenvalue weighted by atomic mass is 35.5. The molecule has 0 N–H and O–H groups in total. The third-order valence-corrected chi connectivity index (χ3v) is 6.32. The number of carbonyl (C=O) groups excluding carboxylic acids is 4. The van der Waals surface area contributed by atoms with Crippen LogP contribution in [0.5, 0.6) is 0 Å². The number of hydrogen-bond donors (Lipinski definition) is 0. The van der Waals surface area contributed by atoms with Gasteiger partial charge >= 0.3 is 5.97 Å². The van der Waals surface area contributed by atoms with E-state index in [1.165, 1.54) is 17.0 Å². The topological polar surface area (TPSA) is 84.0 Å². The minimum atomic E-state index is -0.662. The Labute approximate surface area is 197 Å². The summed E-state index contributed by atoms with van der Waals surface area (Å²) in [6.07, 6.45) is 4.55. The second-order valence-electron chi connectivity index (χ2n) is 8.29. The molecule has 7 nitrogen and oxygen atoms in total. The van der Waals surface area contributed by atoms with Gasteiger partial charge in [-0.05, 0) is 74.5 Å². The minimum absolute atomic E-state index is 0.176. The fourth-order valence-electron chi connectivity index (χ4n) is 4.26. The Hall–Kier alpha value is -3.03. The maximum Gasteiger partial charge on any atom is 0.338 e. The van der Waals surface area contributed by atoms with Crippen molar-refractivity contribution in [3.63, 3.8) is 0 Å². The molecule has 0 bridgehead atoms. The predicted molar refractivity (Wildman–Crippen MR) is 123 cm³/mol. The monoisotopic (exact) mass is 468 g/mol. The smallest absolute Gasteiger partial charge is 0.338 e. The number of rotatable bonds is 6. The van der Waals surface area contributed by atoms with E-state index in [9.17, 15) is 19.2 Å². The van der Waals surface area contributed by atoms with Gasteiger partial charge in [-0.2, -0.15) is 0 Å². The highest BCUT2D eigenvalue weighted by Gasteiger charge is 2.42. The fraction of sp³-hybridized carbons (Fsp3) is 0.360. The maximum absolute atomic E-state index is 13.0. The highest BCUT2D eigenvalue weighted by molar-refractivity contribution is 6.30. The van der Waals surface area contributed by atoms with E-state index in [2.05, 4.69) is 4.90 Å². The van der Waals surface area contributed by atoms with Gasteiger partial charge in [-0.15, -0.1) is 0 Å². The lowest BCUT2D eigenvalue weighted by Crippen LogP contribution is -2.42. The zero-order chi connectivity index (χ0) is 23.4. The normalized spacial score (nSPS) is 19.4. The SMILES string of the molecule is O=C(COC(=O)c1ccc(N2C(=O)CC(N3CCCCCC3)C2=O)cc1)c1ccc(Cl)cc1. The van der Waals surface area contributed by atoms with E-state index in [1.807, 2.05) is 0 Å². The van der Waals surface area contributed by atoms with Gasteiger partial charge in [0.15, 0.2) is 12.4 Å². The number of likely N-dealkylation sites (tertiary alicyclic amines) is 1. The number of Topliss-reactive ketones (excluding diaryl/α,β-unsaturated/α-hetero) is 1. The summed E-state index contributed by atoms with van der Waals surface area (Å²) >= 11 is 5.81. The molecule has 2 aromatic carbocycles. The van der Waals surface area contributed by atoms with Crippen molar-refractivity contribution < 1.29 is 23.9 Å². The first kappa shape index (κ1) is 23.1. The summed E-state index contributed by atoms with van der Waals surface area (Å²) in [7, 11) is 0. The largest absolute Gasteiger partial charge is 0.454 e. The minimum Gasteiger partial charge on any atom is -0.454 e. The van der Waals surface area contributed by atoms with Gasteiger partial charge in [0, 0.05) is 10.6 Å². The molecule has 4 rings (SSSR count). The summed E-state index contributed by atoms with van der Waals surface area (Å²) in [5.41, 5.74) is 1.05. The van der Waals surface area contributed by atoms with E-state index in [4.69, 9.17) is 16.3 Å². The Balaban J connectivity index is 1.37. The number of halogens is 1. The van der Waals surface area contributed by atoms with Crippen LogP contribution in [0.4, 0.5) is 5.69 Å². The number of hydrogen-bond acceptors (Lipinski definition) is 6. The van der Waals surface area contributed by atoms with Gasteiger partial charge in [0.05, 0.1) is 23.7 Å². The first-order valence-electron chi connectivity index (χ1n) is 11.1. The molecule has 2 aliphatic rings. The molecular weight excluding hydrogens is 444 g/mol. The summed E-state index contributed by atoms with van der Waals surface area (Å²) in [6, 6.07) is 12.0. The molecule has 2 amide bonds. The van der Waals surface area contributed by atoms with Crippen molar-refractivity contribution in [3.8, 4) is 0 Å². The van der Waals surface area contributed by atoms with Gasteiger partial charge in [-0.3, -0.25) is 19.3 Å². The number of benzene rings is 2. The van der Waals surface area contributed by atoms with Crippen LogP contribution in [-0.2, 0) is 14.3 Å². The van der Waals surface area contributed by atoms with Crippen molar-refractivity contribution in [3.05, 3.63) is 64.7 Å². The zero-order valence-corrected chi connectivity index (χ0v) is 18.9. The summed E-state index contributed by atoms with van der Waals surface area (Å²) < 4.78 is 5.11. The molecule has 0 radical (unpaired) electrons. The molecule has 1 atom stereocenters. The predicted octanol–water partition coefficient (Wildman–Crippen LogP) is 3.89. The van der Waals surface area contributed by atoms with E-state index in [0.29, 0.717) is 16.3 Å². The number of anilines is 1. The second-order valence-corrected chi connectivity index (χ2v) is 8.73. The summed E-state index contributed by atoms with van der Waals surface area (Å²) in [4.78, 5) is 53.5. The van der Waals surface area contributed by atoms with Crippen molar-refractivity contribution in [2.24, 2.45) is 0 Å². The molecule has 1 unspecified atom stereocenters. The molecular formula is C25H25ClN2O5. The average molecular weight is 469 g/mol. The molecule has 0 aromatic heterocycles. The Morgan fingerprint density at radius 2 is 1.48 bits per heavy atom. The number of ether oxygens (including phenoxy) is 1. The van der Waals surface area contributed by atoms with Crippen LogP contribution in [-0.4, -0.2) is 54.2 Å². The van der Waals surface area contributed by atoms with Crippen LogP contribution in [0.3, 0.4) is 0 Å². The zero-order valence-electron chi connectivity index (χ0n) is 18.2. The molecule has 172 valence electrons. The summed E-state index contributed by atoms with van der Waals surface area (Å²) in [6.45, 7) is 1.26. The molecule has 2 saturated heterocycles. The number of carbonyl (C=O) groups is 4. The molecule has 8 heteroatoms. The van der Waals surface area contributed by atoms with Gasteiger partial charge in [-0.25, -0.2) is 9.69 Å². The number of ketones is 1. The van der Waals surface area contributed by atoms with Crippen LogP contribution < -0.4 is 4.90 Å². The molecule has 0 spiro atoms. The van der Waals surface area contributed by atoms with Gasteiger partial charge in [0.2, 0.25) is 5.91 Å². The van der Waals surface area contributed by atoms with Crippen LogP contribution in [0.25, 0.3) is 0 Å². The molecule has 2 heterocycles. The van der Waals surface area contributed by atoms with Crippen LogP contribution in [0.1, 0.15) is 52.8 Å². The molecule has 2 fully saturated rings. The number of nitrogens with zero attached hydrogens (tertiary/aromatic N) is 2. The molecule has 2 aliphatic heterocycles. The number of imide groups is 1. The van der Waals surface area contributed by atoms with E-state index in [-0.39, 0.29) is 29.6 Å². The Bertz CT molecular complexity index is 1040. The van der Waals surface area contributed by atoms with Gasteiger partial charge in [-0.1, -0.05) is 24.4 Å². The molecule has 33 heavy (non-hydrogen) atoms. The third-order valence-electron chi connectivity index (χ3n) is 6.07. The van der Waals surface area contributed by atoms with Crippen LogP contribution >= 0.6 is 11.6 Å². The van der Waals surface area contributed by atoms with Gasteiger partial charge in [0.25, 0.3) is 5.91 Å². The van der Waals surface area contributed by atoms with Crippen molar-refractivity contribution in [1.29, 1.82) is 0 Å². The standard InChI is InChI=1S/C25H25ClN2O5/c26-19-9-5-17(6-10-19)22(29)16-33-25(32)18-7-11-20(12-8-18)28-23(30)15-21(24(28)31)27-13-3-1-2-4-14-27/h5-12,21H,1-4,13-16H2. The van der Waals surface area contributed by atoms with Crippen LogP contribution in [0.2, 0.25) is 5.02 Å². The molecule has 0 aliphatic carbocycles. The molecule has 2 aromatic rings. The van der Waals surface area contributed by atoms with Crippen LogP contribution in [0, 0.1) is 0 Å². The maximum atomic E-state index is 13.0. The first-order valence-corrected chi connectivity index (χ1v) is 11.5. The Morgan fingerprint density at radius 3 is 2.12 bits per heavy atom. The number of amides is 2. The number of esters is 1. The van der Waals surface area contributed by atoms with E-state index >= 15 is 0 Å². The highest BCUT2D eigenvalue weighted by Crippen LogP contribution is 2.27. The Morgan fingerprint density at radius 1 is 0.879 bits per heavy atom. The summed E-state index contributed by atoms with van der Waals surface area (Å²) in [5.74, 6) is -1.46. The van der Waals surface area contributed by atoms with E-state index in [1.54, 1.807) is 36.4 Å². The quantitative estimate of drug-likeness (QED) is 0.363. The second kappa shape index (κ2) is 10.3. The van der Waals surface area contributed by atoms with Crippen LogP contribution in [0.15, 0.2) is 48.5 Å². The molecule has 0 saturated carbocycles. The van der Waals surface area contributed by atoms with Crippen molar-refractivity contribution >= 4 is 40.9 Å². The van der Waals surface area contributed by atoms with Crippen molar-refractivity contribution in [2.75, 3.05) is 24.6 Å². The lowest BCUT2D eigenvalue weighted by atomic mass is 10.1. The lowest BCUT2D eigenvalue weighted by Gasteiger charge is -2.25. The van der Waals surface area contributed by atoms with Gasteiger partial charge in [0.1, 0.15) is 0 Å². The van der Waals surface area contributed by atoms with Crippen molar-refractivity contribution in [2.45, 2.75) is 38.1 Å².